The zero-order valence-corrected chi connectivity index (χ0v) is 15.8. The Kier molecular flexibility index (Phi) is 5.33. The minimum atomic E-state index is -1.21. The van der Waals surface area contributed by atoms with Crippen LogP contribution in [0.3, 0.4) is 0 Å². The van der Waals surface area contributed by atoms with Gasteiger partial charge >= 0.3 is 0 Å². The molecular formula is C17H14ClF2IN2O2. The van der Waals surface area contributed by atoms with Crippen molar-refractivity contribution in [2.45, 2.75) is 12.5 Å². The van der Waals surface area contributed by atoms with Crippen molar-refractivity contribution < 1.29 is 18.3 Å². The summed E-state index contributed by atoms with van der Waals surface area (Å²) in [5.74, 6) is -3.51. The number of primary amides is 1. The van der Waals surface area contributed by atoms with E-state index < -0.39 is 23.3 Å². The molecule has 0 aliphatic heterocycles. The van der Waals surface area contributed by atoms with E-state index in [1.165, 1.54) is 0 Å². The first-order chi connectivity index (χ1) is 11.9. The van der Waals surface area contributed by atoms with Crippen molar-refractivity contribution in [1.82, 2.24) is 0 Å². The van der Waals surface area contributed by atoms with Crippen molar-refractivity contribution in [2.24, 2.45) is 11.7 Å². The van der Waals surface area contributed by atoms with Gasteiger partial charge in [0, 0.05) is 15.5 Å². The summed E-state index contributed by atoms with van der Waals surface area (Å²) in [5.41, 5.74) is 5.81. The predicted octanol–water partition coefficient (Wildman–Crippen LogP) is 4.20. The lowest BCUT2D eigenvalue weighted by atomic mass is 10.1. The molecule has 0 bridgehead atoms. The molecule has 0 saturated heterocycles. The van der Waals surface area contributed by atoms with Gasteiger partial charge in [-0.1, -0.05) is 11.6 Å². The minimum Gasteiger partial charge on any atom is -0.489 e. The first kappa shape index (κ1) is 18.2. The van der Waals surface area contributed by atoms with Crippen molar-refractivity contribution in [2.75, 3.05) is 11.9 Å². The molecular weight excluding hydrogens is 465 g/mol. The Hall–Kier alpha value is -1.61. The van der Waals surface area contributed by atoms with E-state index in [-0.39, 0.29) is 24.1 Å². The van der Waals surface area contributed by atoms with Crippen molar-refractivity contribution >= 4 is 45.8 Å². The van der Waals surface area contributed by atoms with Crippen LogP contribution in [-0.2, 0) is 0 Å². The van der Waals surface area contributed by atoms with Crippen LogP contribution in [0.1, 0.15) is 16.8 Å². The van der Waals surface area contributed by atoms with Crippen LogP contribution in [0, 0.1) is 21.1 Å². The highest BCUT2D eigenvalue weighted by atomic mass is 127. The number of rotatable bonds is 6. The molecule has 2 aromatic rings. The molecule has 0 aromatic heterocycles. The minimum absolute atomic E-state index is 0.0961. The van der Waals surface area contributed by atoms with Gasteiger partial charge in [0.15, 0.2) is 11.6 Å². The van der Waals surface area contributed by atoms with Crippen LogP contribution < -0.4 is 15.8 Å². The molecule has 3 rings (SSSR count). The molecule has 2 unspecified atom stereocenters. The standard InChI is InChI=1S/C17H14ClF2IN2O2/c18-11-6-9(21)1-4-13(11)23-14-5-8(14)7-25-16-10(17(22)24)2-3-12(19)15(16)20/h1-4,6,8,14,23H,5,7H2,(H2,22,24). The summed E-state index contributed by atoms with van der Waals surface area (Å²) in [4.78, 5) is 11.3. The third-order valence-corrected chi connectivity index (χ3v) is 4.94. The Morgan fingerprint density at radius 3 is 2.80 bits per heavy atom. The molecule has 25 heavy (non-hydrogen) atoms. The zero-order valence-electron chi connectivity index (χ0n) is 12.9. The van der Waals surface area contributed by atoms with E-state index in [1.807, 2.05) is 18.2 Å². The maximum atomic E-state index is 13.9. The number of hydrogen-bond acceptors (Lipinski definition) is 3. The molecule has 1 saturated carbocycles. The maximum absolute atomic E-state index is 13.9. The topological polar surface area (TPSA) is 64.4 Å². The molecule has 132 valence electrons. The fourth-order valence-electron chi connectivity index (χ4n) is 2.47. The van der Waals surface area contributed by atoms with Crippen molar-refractivity contribution in [3.8, 4) is 5.75 Å². The number of carbonyl (C=O) groups excluding carboxylic acids is 1. The second-order valence-corrected chi connectivity index (χ2v) is 7.44. The van der Waals surface area contributed by atoms with Gasteiger partial charge in [-0.05, 0) is 59.3 Å². The van der Waals surface area contributed by atoms with Gasteiger partial charge in [-0.2, -0.15) is 4.39 Å². The quantitative estimate of drug-likeness (QED) is 0.612. The molecule has 1 aliphatic rings. The first-order valence-electron chi connectivity index (χ1n) is 7.49. The number of nitrogens with two attached hydrogens (primary N) is 1. The average Bonchev–Trinajstić information content (AvgIpc) is 3.29. The molecule has 3 N–H and O–H groups in total. The van der Waals surface area contributed by atoms with Crippen LogP contribution in [0.25, 0.3) is 0 Å². The van der Waals surface area contributed by atoms with E-state index in [1.54, 1.807) is 0 Å². The Morgan fingerprint density at radius 2 is 2.12 bits per heavy atom. The molecule has 2 aromatic carbocycles. The smallest absolute Gasteiger partial charge is 0.252 e. The molecule has 0 spiro atoms. The van der Waals surface area contributed by atoms with Crippen LogP contribution in [-0.4, -0.2) is 18.6 Å². The van der Waals surface area contributed by atoms with E-state index in [9.17, 15) is 13.6 Å². The van der Waals surface area contributed by atoms with Crippen LogP contribution in [0.15, 0.2) is 30.3 Å². The molecule has 4 nitrogen and oxygen atoms in total. The van der Waals surface area contributed by atoms with Crippen molar-refractivity contribution in [1.29, 1.82) is 0 Å². The van der Waals surface area contributed by atoms with E-state index in [0.29, 0.717) is 5.02 Å². The molecule has 0 radical (unpaired) electrons. The van der Waals surface area contributed by atoms with Crippen molar-refractivity contribution in [3.05, 3.63) is 56.1 Å². The molecule has 8 heteroatoms. The van der Waals surface area contributed by atoms with Gasteiger partial charge in [0.1, 0.15) is 0 Å². The molecule has 0 heterocycles. The summed E-state index contributed by atoms with van der Waals surface area (Å²) >= 11 is 8.35. The Balaban J connectivity index is 1.63. The van der Waals surface area contributed by atoms with E-state index in [4.69, 9.17) is 22.1 Å². The number of halogens is 4. The van der Waals surface area contributed by atoms with Crippen LogP contribution in [0.5, 0.6) is 5.75 Å². The van der Waals surface area contributed by atoms with Crippen LogP contribution >= 0.6 is 34.2 Å². The summed E-state index contributed by atoms with van der Waals surface area (Å²) < 4.78 is 33.6. The number of nitrogens with one attached hydrogen (secondary N) is 1. The first-order valence-corrected chi connectivity index (χ1v) is 8.94. The van der Waals surface area contributed by atoms with Gasteiger partial charge in [-0.3, -0.25) is 4.79 Å². The highest BCUT2D eigenvalue weighted by Gasteiger charge is 2.38. The number of anilines is 1. The zero-order chi connectivity index (χ0) is 18.1. The number of hydrogen-bond donors (Lipinski definition) is 2. The van der Waals surface area contributed by atoms with Gasteiger partial charge in [0.2, 0.25) is 5.82 Å². The fraction of sp³-hybridized carbons (Fsp3) is 0.235. The molecule has 1 aliphatic carbocycles. The monoisotopic (exact) mass is 478 g/mol. The second-order valence-electron chi connectivity index (χ2n) is 5.78. The number of carbonyl (C=O) groups is 1. The van der Waals surface area contributed by atoms with Crippen LogP contribution in [0.2, 0.25) is 5.02 Å². The number of benzene rings is 2. The van der Waals surface area contributed by atoms with E-state index in [0.717, 1.165) is 27.8 Å². The van der Waals surface area contributed by atoms with Crippen LogP contribution in [0.4, 0.5) is 14.5 Å². The lowest BCUT2D eigenvalue weighted by Crippen LogP contribution is -2.16. The van der Waals surface area contributed by atoms with E-state index in [2.05, 4.69) is 27.9 Å². The Morgan fingerprint density at radius 1 is 1.36 bits per heavy atom. The maximum Gasteiger partial charge on any atom is 0.252 e. The van der Waals surface area contributed by atoms with Gasteiger partial charge in [-0.25, -0.2) is 4.39 Å². The lowest BCUT2D eigenvalue weighted by Gasteiger charge is -2.12. The van der Waals surface area contributed by atoms with E-state index >= 15 is 0 Å². The lowest BCUT2D eigenvalue weighted by molar-refractivity contribution is 0.0994. The summed E-state index contributed by atoms with van der Waals surface area (Å²) in [5, 5.41) is 3.90. The molecule has 1 fully saturated rings. The normalized spacial score (nSPS) is 18.7. The van der Waals surface area contributed by atoms with Gasteiger partial charge in [-0.15, -0.1) is 0 Å². The third-order valence-electron chi connectivity index (χ3n) is 3.95. The van der Waals surface area contributed by atoms with Gasteiger partial charge < -0.3 is 15.8 Å². The Bertz CT molecular complexity index is 835. The number of ether oxygens (including phenoxy) is 1. The molecule has 1 amide bonds. The second kappa shape index (κ2) is 7.33. The van der Waals surface area contributed by atoms with Gasteiger partial charge in [0.05, 0.1) is 22.9 Å². The predicted molar refractivity (Wildman–Crippen MR) is 100 cm³/mol. The van der Waals surface area contributed by atoms with Gasteiger partial charge in [0.25, 0.3) is 5.91 Å². The highest BCUT2D eigenvalue weighted by Crippen LogP contribution is 2.37. The summed E-state index contributed by atoms with van der Waals surface area (Å²) in [6, 6.07) is 7.75. The summed E-state index contributed by atoms with van der Waals surface area (Å²) in [7, 11) is 0. The fourth-order valence-corrected chi connectivity index (χ4v) is 3.38. The SMILES string of the molecule is NC(=O)c1ccc(F)c(F)c1OCC1CC1Nc1ccc(I)cc1Cl. The highest BCUT2D eigenvalue weighted by molar-refractivity contribution is 14.1. The van der Waals surface area contributed by atoms with Crippen molar-refractivity contribution in [3.63, 3.8) is 0 Å². The summed E-state index contributed by atoms with van der Waals surface area (Å²) in [6.45, 7) is 0.139. The summed E-state index contributed by atoms with van der Waals surface area (Å²) in [6.07, 6.45) is 0.797. The number of amides is 1. The molecule has 2 atom stereocenters. The average molecular weight is 479 g/mol. The third kappa shape index (κ3) is 4.14. The Labute approximate surface area is 161 Å². The largest absolute Gasteiger partial charge is 0.489 e.